The Kier molecular flexibility index (Phi) is 4.50. The van der Waals surface area contributed by atoms with Crippen molar-refractivity contribution in [3.8, 4) is 0 Å². The molecule has 0 unspecified atom stereocenters. The van der Waals surface area contributed by atoms with E-state index in [2.05, 4.69) is 10.2 Å². The summed E-state index contributed by atoms with van der Waals surface area (Å²) in [4.78, 5) is 28.8. The van der Waals surface area contributed by atoms with Gasteiger partial charge in [-0.1, -0.05) is 48.5 Å². The van der Waals surface area contributed by atoms with E-state index in [0.29, 0.717) is 5.69 Å². The van der Waals surface area contributed by atoms with Gasteiger partial charge in [-0.25, -0.2) is 4.39 Å². The van der Waals surface area contributed by atoms with Crippen LogP contribution in [0, 0.1) is 11.2 Å². The quantitative estimate of drug-likeness (QED) is 0.500. The molecule has 5 rings (SSSR count). The first kappa shape index (κ1) is 19.3. The molecular weight excluding hydrogens is 395 g/mol. The number of rotatable bonds is 3. The predicted octanol–water partition coefficient (Wildman–Crippen LogP) is 4.63. The van der Waals surface area contributed by atoms with Gasteiger partial charge in [-0.2, -0.15) is 0 Å². The number of ether oxygens (including phenoxy) is 1. The fourth-order valence-corrected chi connectivity index (χ4v) is 5.01. The number of carbonyl (C=O) groups excluding carboxylic acids is 2. The van der Waals surface area contributed by atoms with Gasteiger partial charge in [0.25, 0.3) is 0 Å². The normalized spacial score (nSPS) is 24.2. The molecule has 0 radical (unpaired) electrons. The molecule has 1 N–H and O–H groups in total. The zero-order valence-electron chi connectivity index (χ0n) is 16.9. The molecule has 6 heteroatoms. The number of halogens is 1. The minimum absolute atomic E-state index is 0.242. The highest BCUT2D eigenvalue weighted by Gasteiger charge is 2.65. The van der Waals surface area contributed by atoms with Gasteiger partial charge in [-0.05, 0) is 47.9 Å². The highest BCUT2D eigenvalue weighted by molar-refractivity contribution is 6.13. The molecule has 0 saturated carbocycles. The molecule has 2 aliphatic rings. The van der Waals surface area contributed by atoms with Gasteiger partial charge in [-0.3, -0.25) is 9.59 Å². The molecule has 156 valence electrons. The number of hydrogen-bond donors (Lipinski definition) is 1. The molecule has 5 nitrogen and oxygen atoms in total. The molecule has 1 amide bonds. The van der Waals surface area contributed by atoms with E-state index >= 15 is 0 Å². The van der Waals surface area contributed by atoms with Crippen molar-refractivity contribution < 1.29 is 18.7 Å². The third kappa shape index (κ3) is 2.82. The summed E-state index contributed by atoms with van der Waals surface area (Å²) in [5.41, 5.74) is 1.76. The third-order valence-electron chi connectivity index (χ3n) is 6.36. The number of hydrogen-bond acceptors (Lipinski definition) is 4. The lowest BCUT2D eigenvalue weighted by Crippen LogP contribution is -2.51. The Morgan fingerprint density at radius 2 is 1.71 bits per heavy atom. The lowest BCUT2D eigenvalue weighted by Gasteiger charge is -2.41. The van der Waals surface area contributed by atoms with Gasteiger partial charge in [-0.15, -0.1) is 0 Å². The zero-order valence-corrected chi connectivity index (χ0v) is 16.9. The fourth-order valence-electron chi connectivity index (χ4n) is 5.01. The lowest BCUT2D eigenvalue weighted by molar-refractivity contribution is -0.158. The summed E-state index contributed by atoms with van der Waals surface area (Å²) < 4.78 is 18.9. The molecule has 2 heterocycles. The van der Waals surface area contributed by atoms with E-state index in [9.17, 15) is 14.0 Å². The van der Waals surface area contributed by atoms with Crippen LogP contribution in [-0.4, -0.2) is 19.0 Å². The lowest BCUT2D eigenvalue weighted by atomic mass is 9.72. The van der Waals surface area contributed by atoms with E-state index < -0.39 is 17.4 Å². The summed E-state index contributed by atoms with van der Waals surface area (Å²) in [5.74, 6) is -1.30. The van der Waals surface area contributed by atoms with E-state index in [4.69, 9.17) is 4.74 Å². The fraction of sp³-hybridized carbons (Fsp3) is 0.200. The van der Waals surface area contributed by atoms with Crippen molar-refractivity contribution >= 4 is 23.3 Å². The molecular formula is C25H21FN2O3. The summed E-state index contributed by atoms with van der Waals surface area (Å²) in [6.45, 7) is 0. The predicted molar refractivity (Wildman–Crippen MR) is 115 cm³/mol. The van der Waals surface area contributed by atoms with Gasteiger partial charge in [0, 0.05) is 11.4 Å². The van der Waals surface area contributed by atoms with Crippen molar-refractivity contribution in [2.24, 2.45) is 5.41 Å². The molecule has 3 aromatic carbocycles. The van der Waals surface area contributed by atoms with E-state index in [1.54, 1.807) is 12.1 Å². The number of anilines is 2. The molecule has 0 aromatic heterocycles. The number of nitrogens with one attached hydrogen (secondary N) is 1. The molecule has 1 saturated heterocycles. The Morgan fingerprint density at radius 3 is 2.42 bits per heavy atom. The second-order valence-electron chi connectivity index (χ2n) is 7.92. The average molecular weight is 416 g/mol. The van der Waals surface area contributed by atoms with Crippen LogP contribution >= 0.6 is 0 Å². The van der Waals surface area contributed by atoms with Crippen molar-refractivity contribution in [3.05, 3.63) is 95.8 Å². The number of methoxy groups -OCH3 is 1. The number of esters is 1. The minimum atomic E-state index is -1.43. The Hall–Kier alpha value is -3.67. The Morgan fingerprint density at radius 1 is 1.03 bits per heavy atom. The maximum atomic E-state index is 13.7. The highest BCUT2D eigenvalue weighted by Crippen LogP contribution is 2.60. The first-order chi connectivity index (χ1) is 15.1. The van der Waals surface area contributed by atoms with Gasteiger partial charge in [0.15, 0.2) is 5.41 Å². The maximum Gasteiger partial charge on any atom is 0.324 e. The van der Waals surface area contributed by atoms with Gasteiger partial charge in [0.2, 0.25) is 5.91 Å². The molecule has 3 atom stereocenters. The van der Waals surface area contributed by atoms with Crippen molar-refractivity contribution in [3.63, 3.8) is 0 Å². The van der Waals surface area contributed by atoms with Gasteiger partial charge >= 0.3 is 5.97 Å². The molecule has 1 fully saturated rings. The first-order valence-corrected chi connectivity index (χ1v) is 10.1. The smallest absolute Gasteiger partial charge is 0.324 e. The summed E-state index contributed by atoms with van der Waals surface area (Å²) in [7, 11) is 1.31. The number of benzene rings is 3. The van der Waals surface area contributed by atoms with Crippen LogP contribution in [0.15, 0.2) is 78.9 Å². The second-order valence-corrected chi connectivity index (χ2v) is 7.92. The van der Waals surface area contributed by atoms with Crippen LogP contribution in [-0.2, 0) is 14.3 Å². The van der Waals surface area contributed by atoms with E-state index in [-0.39, 0.29) is 24.2 Å². The zero-order chi connectivity index (χ0) is 21.6. The van der Waals surface area contributed by atoms with Crippen LogP contribution in [0.2, 0.25) is 0 Å². The number of amides is 1. The summed E-state index contributed by atoms with van der Waals surface area (Å²) >= 11 is 0. The molecule has 0 aliphatic carbocycles. The van der Waals surface area contributed by atoms with E-state index in [0.717, 1.165) is 16.8 Å². The van der Waals surface area contributed by atoms with Crippen molar-refractivity contribution in [1.82, 2.24) is 0 Å². The largest absolute Gasteiger partial charge is 0.468 e. The molecule has 31 heavy (non-hydrogen) atoms. The number of fused-ring (bicyclic) bond motifs is 3. The SMILES string of the molecule is COC(=O)[C@]12C[C@@H](c3ccccc3)N(c3ccc(F)cc3)[C@H]1c1ccccc1NC2=O. The summed E-state index contributed by atoms with van der Waals surface area (Å²) in [6.07, 6.45) is 0.242. The molecule has 3 aromatic rings. The molecule has 0 bridgehead atoms. The van der Waals surface area contributed by atoms with Gasteiger partial charge in [0.05, 0.1) is 19.2 Å². The average Bonchev–Trinajstić information content (AvgIpc) is 3.18. The Labute approximate surface area is 179 Å². The van der Waals surface area contributed by atoms with Crippen molar-refractivity contribution in [2.75, 3.05) is 17.3 Å². The van der Waals surface area contributed by atoms with Crippen LogP contribution in [0.4, 0.5) is 15.8 Å². The topological polar surface area (TPSA) is 58.6 Å². The van der Waals surface area contributed by atoms with Crippen LogP contribution < -0.4 is 10.2 Å². The van der Waals surface area contributed by atoms with Crippen LogP contribution in [0.1, 0.15) is 29.6 Å². The van der Waals surface area contributed by atoms with E-state index in [1.807, 2.05) is 54.6 Å². The number of nitrogens with zero attached hydrogens (tertiary/aromatic N) is 1. The van der Waals surface area contributed by atoms with E-state index in [1.165, 1.54) is 19.2 Å². The second kappa shape index (κ2) is 7.23. The maximum absolute atomic E-state index is 13.7. The monoisotopic (exact) mass is 416 g/mol. The first-order valence-electron chi connectivity index (χ1n) is 10.1. The minimum Gasteiger partial charge on any atom is -0.468 e. The highest BCUT2D eigenvalue weighted by atomic mass is 19.1. The summed E-state index contributed by atoms with van der Waals surface area (Å²) in [5, 5.41) is 2.91. The van der Waals surface area contributed by atoms with Gasteiger partial charge in [0.1, 0.15) is 5.82 Å². The van der Waals surface area contributed by atoms with Crippen LogP contribution in [0.25, 0.3) is 0 Å². The Balaban J connectivity index is 1.79. The van der Waals surface area contributed by atoms with Crippen LogP contribution in [0.5, 0.6) is 0 Å². The third-order valence-corrected chi connectivity index (χ3v) is 6.36. The Bertz CT molecular complexity index is 1150. The number of para-hydroxylation sites is 1. The standard InChI is InChI=1S/C25H21FN2O3/c1-31-24(30)25-15-21(16-7-3-2-4-8-16)28(18-13-11-17(26)12-14-18)22(25)19-9-5-6-10-20(19)27-23(25)29/h2-14,21-22H,15H2,1H3,(H,27,29)/t21-,22-,25+/m0/s1. The summed E-state index contributed by atoms with van der Waals surface area (Å²) in [6, 6.07) is 22.5. The van der Waals surface area contributed by atoms with Gasteiger partial charge < -0.3 is 15.0 Å². The van der Waals surface area contributed by atoms with Crippen molar-refractivity contribution in [2.45, 2.75) is 18.5 Å². The molecule has 0 spiro atoms. The van der Waals surface area contributed by atoms with Crippen molar-refractivity contribution in [1.29, 1.82) is 0 Å². The molecule has 2 aliphatic heterocycles. The van der Waals surface area contributed by atoms with Crippen LogP contribution in [0.3, 0.4) is 0 Å². The number of carbonyl (C=O) groups is 2.